The molecule has 0 aliphatic heterocycles. The molecular weight excluding hydrogens is 332 g/mol. The molecule has 2 N–H and O–H groups in total. The van der Waals surface area contributed by atoms with Crippen LogP contribution in [-0.4, -0.2) is 40.3 Å². The predicted octanol–water partition coefficient (Wildman–Crippen LogP) is -0.372. The lowest BCUT2D eigenvalue weighted by Gasteiger charge is -2.04. The van der Waals surface area contributed by atoms with Gasteiger partial charge >= 0.3 is 5.69 Å². The highest BCUT2D eigenvalue weighted by atomic mass is 33.1. The molecule has 2 rings (SSSR count). The van der Waals surface area contributed by atoms with Crippen LogP contribution in [0.15, 0.2) is 29.1 Å². The van der Waals surface area contributed by atoms with Crippen molar-refractivity contribution in [2.24, 2.45) is 0 Å². The molecule has 1 heterocycles. The maximum atomic E-state index is 11.9. The summed E-state index contributed by atoms with van der Waals surface area (Å²) in [6, 6.07) is 6.76. The summed E-state index contributed by atoms with van der Waals surface area (Å²) in [6.07, 6.45) is 0. The Kier molecular flexibility index (Phi) is 4.78. The number of aryl methyl sites for hydroxylation is 1. The highest BCUT2D eigenvalue weighted by Crippen LogP contribution is 2.19. The first kappa shape index (κ1) is 16.4. The standard InChI is InChI=1S/C11H14N4O5S2/c1-20-9-4-2-8(3-5-9)10-13-14(11(16)15(10)12)6-7-21-22(17,18)19/h2-5H,6-7,12H2,1H3,(H,17,18,19)/p-1. The van der Waals surface area contributed by atoms with E-state index in [0.717, 1.165) is 9.36 Å². The molecule has 1 aromatic heterocycles. The lowest BCUT2D eigenvalue weighted by molar-refractivity contribution is 0.415. The molecule has 0 aliphatic carbocycles. The Bertz CT molecular complexity index is 810. The minimum absolute atomic E-state index is 0.0433. The Morgan fingerprint density at radius 3 is 2.55 bits per heavy atom. The zero-order chi connectivity index (χ0) is 16.3. The third-order valence-corrected chi connectivity index (χ3v) is 4.75. The van der Waals surface area contributed by atoms with Gasteiger partial charge in [0.25, 0.3) is 0 Å². The van der Waals surface area contributed by atoms with Crippen molar-refractivity contribution in [1.29, 1.82) is 0 Å². The van der Waals surface area contributed by atoms with Gasteiger partial charge in [0.2, 0.25) is 0 Å². The van der Waals surface area contributed by atoms with Gasteiger partial charge in [-0.25, -0.2) is 17.9 Å². The van der Waals surface area contributed by atoms with Gasteiger partial charge in [-0.05, 0) is 35.1 Å². The maximum Gasteiger partial charge on any atom is 0.364 e. The Hall–Kier alpha value is -1.98. The van der Waals surface area contributed by atoms with Gasteiger partial charge < -0.3 is 15.1 Å². The zero-order valence-electron chi connectivity index (χ0n) is 11.5. The third-order valence-electron chi connectivity index (χ3n) is 2.75. The van der Waals surface area contributed by atoms with Gasteiger partial charge in [0, 0.05) is 11.3 Å². The van der Waals surface area contributed by atoms with Gasteiger partial charge in [-0.1, -0.05) is 0 Å². The van der Waals surface area contributed by atoms with E-state index in [-0.39, 0.29) is 28.9 Å². The summed E-state index contributed by atoms with van der Waals surface area (Å²) in [6.45, 7) is -0.0433. The van der Waals surface area contributed by atoms with E-state index in [9.17, 15) is 17.8 Å². The van der Waals surface area contributed by atoms with Crippen LogP contribution in [0, 0.1) is 0 Å². The number of ether oxygens (including phenoxy) is 1. The van der Waals surface area contributed by atoms with Crippen LogP contribution in [0.25, 0.3) is 11.4 Å². The van der Waals surface area contributed by atoms with Gasteiger partial charge in [0.05, 0.1) is 13.7 Å². The van der Waals surface area contributed by atoms with E-state index in [1.807, 2.05) is 0 Å². The molecule has 1 aromatic carbocycles. The van der Waals surface area contributed by atoms with Crippen LogP contribution in [0.4, 0.5) is 0 Å². The highest BCUT2D eigenvalue weighted by Gasteiger charge is 2.13. The fourth-order valence-corrected chi connectivity index (χ4v) is 3.02. The molecule has 2 aromatic rings. The summed E-state index contributed by atoms with van der Waals surface area (Å²) in [5.74, 6) is 6.44. The fourth-order valence-electron chi connectivity index (χ4n) is 1.73. The maximum absolute atomic E-state index is 11.9. The Labute approximate surface area is 129 Å². The Balaban J connectivity index is 2.23. The normalized spacial score (nSPS) is 11.5. The van der Waals surface area contributed by atoms with Gasteiger partial charge in [-0.3, -0.25) is 0 Å². The summed E-state index contributed by atoms with van der Waals surface area (Å²) in [4.78, 5) is 11.9. The molecular formula is C11H13N4O5S2-. The number of hydrogen-bond acceptors (Lipinski definition) is 8. The molecule has 0 saturated carbocycles. The Morgan fingerprint density at radius 2 is 2.00 bits per heavy atom. The summed E-state index contributed by atoms with van der Waals surface area (Å²) in [7, 11) is -2.66. The SMILES string of the molecule is COc1ccc(-c2nn(CCSS(=O)(=O)[O-])c(=O)n2N)cc1. The van der Waals surface area contributed by atoms with Crippen molar-refractivity contribution in [3.8, 4) is 17.1 Å². The number of aromatic nitrogens is 3. The van der Waals surface area contributed by atoms with Crippen molar-refractivity contribution >= 4 is 19.9 Å². The summed E-state index contributed by atoms with van der Waals surface area (Å²) in [5, 5.41) is 4.05. The molecule has 120 valence electrons. The highest BCUT2D eigenvalue weighted by molar-refractivity contribution is 8.69. The number of methoxy groups -OCH3 is 1. The van der Waals surface area contributed by atoms with Crippen molar-refractivity contribution in [3.05, 3.63) is 34.7 Å². The second kappa shape index (κ2) is 6.42. The number of rotatable bonds is 6. The molecule has 0 spiro atoms. The van der Waals surface area contributed by atoms with E-state index in [1.165, 1.54) is 7.11 Å². The molecule has 11 heteroatoms. The second-order valence-electron chi connectivity index (χ2n) is 4.16. The monoisotopic (exact) mass is 345 g/mol. The summed E-state index contributed by atoms with van der Waals surface area (Å²) in [5.41, 5.74) is -0.00188. The minimum atomic E-state index is -4.40. The summed E-state index contributed by atoms with van der Waals surface area (Å²) >= 11 is 0. The van der Waals surface area contributed by atoms with E-state index >= 15 is 0 Å². The van der Waals surface area contributed by atoms with E-state index in [1.54, 1.807) is 24.3 Å². The molecule has 9 nitrogen and oxygen atoms in total. The molecule has 0 bridgehead atoms. The fraction of sp³-hybridized carbons (Fsp3) is 0.273. The average molecular weight is 345 g/mol. The molecule has 0 aliphatic rings. The van der Waals surface area contributed by atoms with Crippen LogP contribution in [0.1, 0.15) is 0 Å². The van der Waals surface area contributed by atoms with Crippen molar-refractivity contribution in [1.82, 2.24) is 14.5 Å². The number of benzene rings is 1. The van der Waals surface area contributed by atoms with Crippen molar-refractivity contribution < 1.29 is 17.7 Å². The van der Waals surface area contributed by atoms with Gasteiger partial charge in [-0.2, -0.15) is 4.68 Å². The van der Waals surface area contributed by atoms with Crippen LogP contribution < -0.4 is 16.3 Å². The van der Waals surface area contributed by atoms with Gasteiger partial charge in [-0.15, -0.1) is 5.10 Å². The van der Waals surface area contributed by atoms with E-state index in [4.69, 9.17) is 10.6 Å². The minimum Gasteiger partial charge on any atom is -0.739 e. The van der Waals surface area contributed by atoms with Crippen LogP contribution in [-0.2, 0) is 15.7 Å². The number of nitrogens with zero attached hydrogens (tertiary/aromatic N) is 3. The average Bonchev–Trinajstić information content (AvgIpc) is 2.75. The smallest absolute Gasteiger partial charge is 0.364 e. The first-order valence-corrected chi connectivity index (χ1v) is 8.92. The third kappa shape index (κ3) is 3.81. The topological polar surface area (TPSA) is 132 Å². The molecule has 0 saturated heterocycles. The van der Waals surface area contributed by atoms with Crippen LogP contribution >= 0.6 is 10.8 Å². The Morgan fingerprint density at radius 1 is 1.36 bits per heavy atom. The van der Waals surface area contributed by atoms with Gasteiger partial charge in [0.15, 0.2) is 5.82 Å². The van der Waals surface area contributed by atoms with Crippen molar-refractivity contribution in [2.75, 3.05) is 18.7 Å². The number of hydrogen-bond donors (Lipinski definition) is 1. The van der Waals surface area contributed by atoms with Gasteiger partial charge in [0.1, 0.15) is 14.9 Å². The lowest BCUT2D eigenvalue weighted by atomic mass is 10.2. The number of nitrogens with two attached hydrogens (primary N) is 1. The lowest BCUT2D eigenvalue weighted by Crippen LogP contribution is -2.30. The van der Waals surface area contributed by atoms with Crippen LogP contribution in [0.5, 0.6) is 5.75 Å². The van der Waals surface area contributed by atoms with Crippen LogP contribution in [0.3, 0.4) is 0 Å². The molecule has 22 heavy (non-hydrogen) atoms. The first-order chi connectivity index (χ1) is 10.3. The molecule has 0 unspecified atom stereocenters. The van der Waals surface area contributed by atoms with E-state index in [2.05, 4.69) is 5.10 Å². The second-order valence-corrected chi connectivity index (χ2v) is 7.55. The molecule has 0 fully saturated rings. The summed E-state index contributed by atoms with van der Waals surface area (Å²) < 4.78 is 38.5. The largest absolute Gasteiger partial charge is 0.739 e. The van der Waals surface area contributed by atoms with E-state index < -0.39 is 14.8 Å². The molecule has 0 amide bonds. The van der Waals surface area contributed by atoms with Crippen LogP contribution in [0.2, 0.25) is 0 Å². The number of nitrogen functional groups attached to an aromatic ring is 1. The van der Waals surface area contributed by atoms with E-state index in [0.29, 0.717) is 11.3 Å². The molecule has 0 atom stereocenters. The quantitative estimate of drug-likeness (QED) is 0.426. The molecule has 0 radical (unpaired) electrons. The zero-order valence-corrected chi connectivity index (χ0v) is 13.1. The predicted molar refractivity (Wildman–Crippen MR) is 80.8 cm³/mol. The van der Waals surface area contributed by atoms with Crippen molar-refractivity contribution in [2.45, 2.75) is 6.54 Å². The van der Waals surface area contributed by atoms with Crippen molar-refractivity contribution in [3.63, 3.8) is 0 Å². The first-order valence-electron chi connectivity index (χ1n) is 6.01.